The van der Waals surface area contributed by atoms with Gasteiger partial charge in [0.1, 0.15) is 0 Å². The molecule has 2 N–H and O–H groups in total. The number of aliphatic hydroxyl groups excluding tert-OH is 2. The third-order valence-electron chi connectivity index (χ3n) is 2.10. The van der Waals surface area contributed by atoms with Gasteiger partial charge in [-0.15, -0.1) is 0 Å². The van der Waals surface area contributed by atoms with Gasteiger partial charge in [-0.25, -0.2) is 0 Å². The average molecular weight is 227 g/mol. The normalized spacial score (nSPS) is 10.4. The molecular formula is C11H17NO4. The monoisotopic (exact) mass is 227 g/mol. The Bertz CT molecular complexity index is 361. The predicted molar refractivity (Wildman–Crippen MR) is 59.6 cm³/mol. The van der Waals surface area contributed by atoms with E-state index in [0.29, 0.717) is 26.0 Å². The summed E-state index contributed by atoms with van der Waals surface area (Å²) in [4.78, 5) is 11.8. The lowest BCUT2D eigenvalue weighted by molar-refractivity contribution is 0.231. The van der Waals surface area contributed by atoms with Crippen molar-refractivity contribution in [2.45, 2.75) is 19.4 Å². The first kappa shape index (κ1) is 12.7. The molecule has 1 rings (SSSR count). The molecule has 0 aliphatic heterocycles. The van der Waals surface area contributed by atoms with Crippen LogP contribution >= 0.6 is 0 Å². The highest BCUT2D eigenvalue weighted by molar-refractivity contribution is 5.17. The van der Waals surface area contributed by atoms with E-state index in [1.54, 1.807) is 18.3 Å². The molecule has 1 aromatic rings. The number of aryl methyl sites for hydroxylation is 1. The second-order valence-electron chi connectivity index (χ2n) is 3.37. The molecule has 0 atom stereocenters. The standard InChI is InChI=1S/C11H17NO4/c13-7-2-6-12-5-1-4-10(11(12)15)16-9-3-8-14/h1,4-5,13-14H,2-3,6-9H2. The second kappa shape index (κ2) is 7.03. The van der Waals surface area contributed by atoms with Crippen LogP contribution in [0.25, 0.3) is 0 Å². The fourth-order valence-electron chi connectivity index (χ4n) is 1.29. The van der Waals surface area contributed by atoms with Gasteiger partial charge in [0.15, 0.2) is 5.75 Å². The van der Waals surface area contributed by atoms with E-state index in [0.717, 1.165) is 0 Å². The fourth-order valence-corrected chi connectivity index (χ4v) is 1.29. The average Bonchev–Trinajstić information content (AvgIpc) is 2.30. The van der Waals surface area contributed by atoms with Crippen molar-refractivity contribution in [2.24, 2.45) is 0 Å². The molecule has 0 bridgehead atoms. The third kappa shape index (κ3) is 3.67. The predicted octanol–water partition coefficient (Wildman–Crippen LogP) is -0.00810. The van der Waals surface area contributed by atoms with E-state index in [1.165, 1.54) is 4.57 Å². The van der Waals surface area contributed by atoms with E-state index in [9.17, 15) is 4.79 Å². The summed E-state index contributed by atoms with van der Waals surface area (Å²) in [6, 6.07) is 3.34. The summed E-state index contributed by atoms with van der Waals surface area (Å²) in [5, 5.41) is 17.3. The minimum atomic E-state index is -0.200. The molecule has 5 heteroatoms. The van der Waals surface area contributed by atoms with Gasteiger partial charge in [-0.05, 0) is 18.6 Å². The number of nitrogens with zero attached hydrogens (tertiary/aromatic N) is 1. The van der Waals surface area contributed by atoms with Crippen LogP contribution in [-0.2, 0) is 6.54 Å². The Labute approximate surface area is 93.9 Å². The molecule has 0 aliphatic carbocycles. The summed E-state index contributed by atoms with van der Waals surface area (Å²) in [5.74, 6) is 0.286. The molecule has 0 saturated carbocycles. The van der Waals surface area contributed by atoms with Crippen LogP contribution in [0.3, 0.4) is 0 Å². The largest absolute Gasteiger partial charge is 0.488 e. The van der Waals surface area contributed by atoms with E-state index < -0.39 is 0 Å². The van der Waals surface area contributed by atoms with Gasteiger partial charge in [-0.2, -0.15) is 0 Å². The maximum absolute atomic E-state index is 11.8. The summed E-state index contributed by atoms with van der Waals surface area (Å²) >= 11 is 0. The topological polar surface area (TPSA) is 71.7 Å². The van der Waals surface area contributed by atoms with E-state index in [2.05, 4.69) is 0 Å². The number of pyridine rings is 1. The molecule has 0 radical (unpaired) electrons. The van der Waals surface area contributed by atoms with Crippen LogP contribution in [0.4, 0.5) is 0 Å². The summed E-state index contributed by atoms with van der Waals surface area (Å²) in [6.45, 7) is 0.913. The lowest BCUT2D eigenvalue weighted by Gasteiger charge is -2.08. The van der Waals surface area contributed by atoms with Crippen LogP contribution in [0.1, 0.15) is 12.8 Å². The molecule has 16 heavy (non-hydrogen) atoms. The molecule has 0 amide bonds. The van der Waals surface area contributed by atoms with Gasteiger partial charge in [0, 0.05) is 32.4 Å². The summed E-state index contributed by atoms with van der Waals surface area (Å²) in [5.41, 5.74) is -0.200. The Morgan fingerprint density at radius 1 is 1.25 bits per heavy atom. The van der Waals surface area contributed by atoms with Crippen molar-refractivity contribution in [3.05, 3.63) is 28.7 Å². The van der Waals surface area contributed by atoms with Crippen LogP contribution in [0.15, 0.2) is 23.1 Å². The summed E-state index contributed by atoms with van der Waals surface area (Å²) in [7, 11) is 0. The smallest absolute Gasteiger partial charge is 0.292 e. The molecule has 0 fully saturated rings. The molecule has 0 saturated heterocycles. The van der Waals surface area contributed by atoms with E-state index in [1.807, 2.05) is 0 Å². The first-order valence-corrected chi connectivity index (χ1v) is 5.33. The minimum absolute atomic E-state index is 0.0472. The molecular weight excluding hydrogens is 210 g/mol. The Morgan fingerprint density at radius 2 is 2.00 bits per heavy atom. The van der Waals surface area contributed by atoms with Gasteiger partial charge in [-0.3, -0.25) is 4.79 Å². The quantitative estimate of drug-likeness (QED) is 0.643. The Hall–Kier alpha value is -1.33. The molecule has 0 aromatic carbocycles. The second-order valence-corrected chi connectivity index (χ2v) is 3.37. The first-order chi connectivity index (χ1) is 7.79. The van der Waals surface area contributed by atoms with Crippen molar-refractivity contribution < 1.29 is 14.9 Å². The van der Waals surface area contributed by atoms with E-state index >= 15 is 0 Å². The van der Waals surface area contributed by atoms with Crippen molar-refractivity contribution in [2.75, 3.05) is 19.8 Å². The Kier molecular flexibility index (Phi) is 5.60. The van der Waals surface area contributed by atoms with E-state index in [-0.39, 0.29) is 24.5 Å². The van der Waals surface area contributed by atoms with Gasteiger partial charge in [-0.1, -0.05) is 0 Å². The van der Waals surface area contributed by atoms with Crippen LogP contribution in [0.5, 0.6) is 5.75 Å². The van der Waals surface area contributed by atoms with Gasteiger partial charge >= 0.3 is 0 Å². The molecule has 0 unspecified atom stereocenters. The maximum Gasteiger partial charge on any atom is 0.292 e. The highest BCUT2D eigenvalue weighted by Gasteiger charge is 2.03. The molecule has 90 valence electrons. The third-order valence-corrected chi connectivity index (χ3v) is 2.10. The van der Waals surface area contributed by atoms with Crippen LogP contribution in [0.2, 0.25) is 0 Å². The van der Waals surface area contributed by atoms with Gasteiger partial charge < -0.3 is 19.5 Å². The minimum Gasteiger partial charge on any atom is -0.488 e. The van der Waals surface area contributed by atoms with Gasteiger partial charge in [0.05, 0.1) is 6.61 Å². The molecule has 0 spiro atoms. The number of hydrogen-bond acceptors (Lipinski definition) is 4. The zero-order chi connectivity index (χ0) is 11.8. The van der Waals surface area contributed by atoms with Crippen LogP contribution in [0, 0.1) is 0 Å². The van der Waals surface area contributed by atoms with Gasteiger partial charge in [0.2, 0.25) is 0 Å². The van der Waals surface area contributed by atoms with Crippen molar-refractivity contribution >= 4 is 0 Å². The SMILES string of the molecule is O=c1c(OCCCO)cccn1CCCO. The maximum atomic E-state index is 11.8. The van der Waals surface area contributed by atoms with Crippen molar-refractivity contribution in [3.63, 3.8) is 0 Å². The lowest BCUT2D eigenvalue weighted by atomic mass is 10.4. The zero-order valence-electron chi connectivity index (χ0n) is 9.13. The number of aliphatic hydroxyl groups is 2. The van der Waals surface area contributed by atoms with Crippen molar-refractivity contribution in [1.82, 2.24) is 4.57 Å². The van der Waals surface area contributed by atoms with Crippen molar-refractivity contribution in [3.8, 4) is 5.75 Å². The number of ether oxygens (including phenoxy) is 1. The highest BCUT2D eigenvalue weighted by atomic mass is 16.5. The summed E-state index contributed by atoms with van der Waals surface area (Å²) < 4.78 is 6.75. The van der Waals surface area contributed by atoms with Crippen LogP contribution < -0.4 is 10.3 Å². The summed E-state index contributed by atoms with van der Waals surface area (Å²) in [6.07, 6.45) is 2.71. The Morgan fingerprint density at radius 3 is 2.69 bits per heavy atom. The fraction of sp³-hybridized carbons (Fsp3) is 0.545. The number of aromatic nitrogens is 1. The molecule has 1 heterocycles. The van der Waals surface area contributed by atoms with Crippen LogP contribution in [-0.4, -0.2) is 34.6 Å². The molecule has 5 nitrogen and oxygen atoms in total. The van der Waals surface area contributed by atoms with Gasteiger partial charge in [0.25, 0.3) is 5.56 Å². The highest BCUT2D eigenvalue weighted by Crippen LogP contribution is 2.02. The molecule has 1 aromatic heterocycles. The lowest BCUT2D eigenvalue weighted by Crippen LogP contribution is -2.22. The molecule has 0 aliphatic rings. The zero-order valence-corrected chi connectivity index (χ0v) is 9.13. The van der Waals surface area contributed by atoms with E-state index in [4.69, 9.17) is 14.9 Å². The van der Waals surface area contributed by atoms with Crippen molar-refractivity contribution in [1.29, 1.82) is 0 Å². The number of rotatable bonds is 7. The number of hydrogen-bond donors (Lipinski definition) is 2. The first-order valence-electron chi connectivity index (χ1n) is 5.33. The Balaban J connectivity index is 2.66.